The van der Waals surface area contributed by atoms with Gasteiger partial charge in [-0.05, 0) is 17.5 Å². The minimum atomic E-state index is -0.393. The maximum Gasteiger partial charge on any atom is 0.264 e. The fourth-order valence-corrected chi connectivity index (χ4v) is 3.50. The van der Waals surface area contributed by atoms with Gasteiger partial charge >= 0.3 is 0 Å². The fourth-order valence-electron chi connectivity index (χ4n) is 2.84. The van der Waals surface area contributed by atoms with E-state index in [9.17, 15) is 9.18 Å². The SMILES string of the molecule is Nn1c(N/N=C/c2ccccc2F)nnc1SCC(=O)Nc1cccc2ccccc12. The number of benzene rings is 3. The van der Waals surface area contributed by atoms with Gasteiger partial charge in [0, 0.05) is 16.6 Å². The molecule has 31 heavy (non-hydrogen) atoms. The standard InChI is InChI=1S/C21H18FN7OS/c22-17-10-4-2-7-15(17)12-24-26-20-27-28-21(29(20)23)31-13-19(30)25-18-11-5-8-14-6-1-3-9-16(14)18/h1-12H,13,23H2,(H,25,30)(H,26,27)/b24-12+. The van der Waals surface area contributed by atoms with Crippen LogP contribution in [-0.4, -0.2) is 32.7 Å². The number of aromatic nitrogens is 3. The zero-order valence-corrected chi connectivity index (χ0v) is 17.0. The molecule has 4 aromatic rings. The number of nitrogen functional groups attached to an aromatic ring is 1. The number of nitrogens with two attached hydrogens (primary N) is 1. The molecule has 0 spiro atoms. The summed E-state index contributed by atoms with van der Waals surface area (Å²) in [6.07, 6.45) is 1.31. The first-order chi connectivity index (χ1) is 15.1. The molecule has 0 saturated carbocycles. The van der Waals surface area contributed by atoms with Crippen molar-refractivity contribution in [1.82, 2.24) is 14.9 Å². The van der Waals surface area contributed by atoms with Gasteiger partial charge in [-0.3, -0.25) is 4.79 Å². The summed E-state index contributed by atoms with van der Waals surface area (Å²) in [5, 5.41) is 17.0. The van der Waals surface area contributed by atoms with Gasteiger partial charge < -0.3 is 11.2 Å². The van der Waals surface area contributed by atoms with Crippen molar-refractivity contribution in [3.63, 3.8) is 0 Å². The van der Waals surface area contributed by atoms with E-state index in [2.05, 4.69) is 26.0 Å². The number of nitrogens with one attached hydrogen (secondary N) is 2. The van der Waals surface area contributed by atoms with E-state index < -0.39 is 5.82 Å². The van der Waals surface area contributed by atoms with Crippen LogP contribution in [0.3, 0.4) is 0 Å². The van der Waals surface area contributed by atoms with E-state index in [1.807, 2.05) is 42.5 Å². The first kappa shape index (κ1) is 20.4. The van der Waals surface area contributed by atoms with Gasteiger partial charge in [-0.1, -0.05) is 66.4 Å². The maximum atomic E-state index is 13.6. The van der Waals surface area contributed by atoms with Crippen molar-refractivity contribution in [2.75, 3.05) is 22.3 Å². The number of carbonyl (C=O) groups is 1. The summed E-state index contributed by atoms with van der Waals surface area (Å²) in [5.74, 6) is 5.62. The summed E-state index contributed by atoms with van der Waals surface area (Å²) in [7, 11) is 0. The highest BCUT2D eigenvalue weighted by molar-refractivity contribution is 7.99. The third-order valence-corrected chi connectivity index (χ3v) is 5.28. The van der Waals surface area contributed by atoms with Crippen LogP contribution >= 0.6 is 11.8 Å². The Kier molecular flexibility index (Phi) is 6.08. The molecule has 0 saturated heterocycles. The number of fused-ring (bicyclic) bond motifs is 1. The molecule has 0 aliphatic heterocycles. The highest BCUT2D eigenvalue weighted by atomic mass is 32.2. The number of carbonyl (C=O) groups excluding carboxylic acids is 1. The number of amides is 1. The molecule has 3 aromatic carbocycles. The Bertz CT molecular complexity index is 1250. The van der Waals surface area contributed by atoms with Crippen LogP contribution < -0.4 is 16.6 Å². The highest BCUT2D eigenvalue weighted by Crippen LogP contribution is 2.24. The van der Waals surface area contributed by atoms with Crippen molar-refractivity contribution >= 4 is 46.3 Å². The molecular weight excluding hydrogens is 417 g/mol. The molecule has 0 fully saturated rings. The largest absolute Gasteiger partial charge is 0.334 e. The summed E-state index contributed by atoms with van der Waals surface area (Å²) in [5.41, 5.74) is 3.67. The predicted molar refractivity (Wildman–Crippen MR) is 121 cm³/mol. The van der Waals surface area contributed by atoms with Gasteiger partial charge in [-0.25, -0.2) is 14.5 Å². The summed E-state index contributed by atoms with van der Waals surface area (Å²) < 4.78 is 14.8. The van der Waals surface area contributed by atoms with E-state index >= 15 is 0 Å². The van der Waals surface area contributed by atoms with Gasteiger partial charge in [0.15, 0.2) is 0 Å². The van der Waals surface area contributed by atoms with E-state index in [-0.39, 0.29) is 17.6 Å². The van der Waals surface area contributed by atoms with E-state index in [1.165, 1.54) is 17.0 Å². The van der Waals surface area contributed by atoms with Crippen LogP contribution in [0, 0.1) is 5.82 Å². The summed E-state index contributed by atoms with van der Waals surface area (Å²) in [6.45, 7) is 0. The van der Waals surface area contributed by atoms with Gasteiger partial charge in [0.05, 0.1) is 12.0 Å². The van der Waals surface area contributed by atoms with Crippen molar-refractivity contribution in [3.05, 3.63) is 78.1 Å². The number of halogens is 1. The lowest BCUT2D eigenvalue weighted by atomic mass is 10.1. The minimum absolute atomic E-state index is 0.0943. The van der Waals surface area contributed by atoms with E-state index in [4.69, 9.17) is 5.84 Å². The number of anilines is 2. The molecule has 4 rings (SSSR count). The molecule has 0 unspecified atom stereocenters. The quantitative estimate of drug-likeness (QED) is 0.177. The first-order valence-corrected chi connectivity index (χ1v) is 10.2. The van der Waals surface area contributed by atoms with Gasteiger partial charge in [0.1, 0.15) is 5.82 Å². The van der Waals surface area contributed by atoms with Crippen LogP contribution in [-0.2, 0) is 4.79 Å². The number of thioether (sulfide) groups is 1. The van der Waals surface area contributed by atoms with E-state index in [0.717, 1.165) is 28.2 Å². The highest BCUT2D eigenvalue weighted by Gasteiger charge is 2.13. The van der Waals surface area contributed by atoms with Gasteiger partial charge in [0.2, 0.25) is 11.1 Å². The first-order valence-electron chi connectivity index (χ1n) is 9.26. The monoisotopic (exact) mass is 435 g/mol. The molecule has 0 bridgehead atoms. The Morgan fingerprint density at radius 2 is 1.87 bits per heavy atom. The summed E-state index contributed by atoms with van der Waals surface area (Å²) in [4.78, 5) is 12.4. The fraction of sp³-hybridized carbons (Fsp3) is 0.0476. The normalized spacial score (nSPS) is 11.1. The molecule has 1 amide bonds. The van der Waals surface area contributed by atoms with Crippen molar-refractivity contribution in [3.8, 4) is 0 Å². The molecule has 8 nitrogen and oxygen atoms in total. The minimum Gasteiger partial charge on any atom is -0.334 e. The molecule has 0 atom stereocenters. The number of rotatable bonds is 7. The zero-order valence-electron chi connectivity index (χ0n) is 16.2. The number of nitrogens with zero attached hydrogens (tertiary/aromatic N) is 4. The second-order valence-electron chi connectivity index (χ2n) is 6.43. The van der Waals surface area contributed by atoms with Gasteiger partial charge in [-0.2, -0.15) is 5.10 Å². The van der Waals surface area contributed by atoms with Crippen LogP contribution in [0.4, 0.5) is 16.0 Å². The van der Waals surface area contributed by atoms with Crippen molar-refractivity contribution in [1.29, 1.82) is 0 Å². The van der Waals surface area contributed by atoms with E-state index in [0.29, 0.717) is 10.7 Å². The average molecular weight is 435 g/mol. The topological polar surface area (TPSA) is 110 Å². The molecular formula is C21H18FN7OS. The second kappa shape index (κ2) is 9.26. The van der Waals surface area contributed by atoms with Crippen LogP contribution in [0.2, 0.25) is 0 Å². The lowest BCUT2D eigenvalue weighted by molar-refractivity contribution is -0.113. The lowest BCUT2D eigenvalue weighted by Crippen LogP contribution is -2.17. The van der Waals surface area contributed by atoms with E-state index in [1.54, 1.807) is 18.2 Å². The Hall–Kier alpha value is -3.92. The summed E-state index contributed by atoms with van der Waals surface area (Å²) >= 11 is 1.13. The molecule has 0 aliphatic carbocycles. The maximum absolute atomic E-state index is 13.6. The third-order valence-electron chi connectivity index (χ3n) is 4.33. The lowest BCUT2D eigenvalue weighted by Gasteiger charge is -2.08. The Morgan fingerprint density at radius 3 is 2.74 bits per heavy atom. The smallest absolute Gasteiger partial charge is 0.264 e. The molecule has 156 valence electrons. The molecule has 0 aliphatic rings. The Balaban J connectivity index is 1.35. The Morgan fingerprint density at radius 1 is 1.10 bits per heavy atom. The van der Waals surface area contributed by atoms with Crippen molar-refractivity contribution in [2.24, 2.45) is 5.10 Å². The third kappa shape index (κ3) is 4.81. The Labute approximate surface area is 181 Å². The second-order valence-corrected chi connectivity index (χ2v) is 7.37. The van der Waals surface area contributed by atoms with Crippen molar-refractivity contribution < 1.29 is 9.18 Å². The predicted octanol–water partition coefficient (Wildman–Crippen LogP) is 3.46. The van der Waals surface area contributed by atoms with Crippen LogP contribution in [0.5, 0.6) is 0 Å². The van der Waals surface area contributed by atoms with Crippen LogP contribution in [0.15, 0.2) is 77.0 Å². The van der Waals surface area contributed by atoms with Gasteiger partial charge in [-0.15, -0.1) is 10.2 Å². The van der Waals surface area contributed by atoms with Crippen LogP contribution in [0.25, 0.3) is 10.8 Å². The van der Waals surface area contributed by atoms with Crippen LogP contribution in [0.1, 0.15) is 5.56 Å². The zero-order chi connectivity index (χ0) is 21.6. The molecule has 1 aromatic heterocycles. The number of hydrogen-bond donors (Lipinski definition) is 3. The van der Waals surface area contributed by atoms with Gasteiger partial charge in [0.25, 0.3) is 5.95 Å². The van der Waals surface area contributed by atoms with Crippen molar-refractivity contribution in [2.45, 2.75) is 5.16 Å². The average Bonchev–Trinajstić information content (AvgIpc) is 3.13. The molecule has 1 heterocycles. The number of hydrazone groups is 1. The molecule has 4 N–H and O–H groups in total. The number of hydrogen-bond acceptors (Lipinski definition) is 7. The summed E-state index contributed by atoms with van der Waals surface area (Å²) in [6, 6.07) is 19.8. The molecule has 0 radical (unpaired) electrons. The molecule has 10 heteroatoms.